The Morgan fingerprint density at radius 2 is 1.95 bits per heavy atom. The van der Waals surface area contributed by atoms with E-state index in [1.165, 1.54) is 0 Å². The maximum Gasteiger partial charge on any atom is 0.233 e. The van der Waals surface area contributed by atoms with Crippen LogP contribution in [0.5, 0.6) is 0 Å². The van der Waals surface area contributed by atoms with E-state index in [1.807, 2.05) is 45.2 Å². The summed E-state index contributed by atoms with van der Waals surface area (Å²) in [5.41, 5.74) is 2.62. The molecule has 116 valence electrons. The van der Waals surface area contributed by atoms with Crippen LogP contribution in [0.25, 0.3) is 0 Å². The van der Waals surface area contributed by atoms with E-state index < -0.39 is 0 Å². The molecule has 1 amide bonds. The topological polar surface area (TPSA) is 46.3 Å². The van der Waals surface area contributed by atoms with Crippen LogP contribution in [0.3, 0.4) is 0 Å². The minimum Gasteiger partial charge on any atom is -0.361 e. The number of carbonyl (C=O) groups is 1. The van der Waals surface area contributed by atoms with Crippen molar-refractivity contribution in [1.29, 1.82) is 0 Å². The summed E-state index contributed by atoms with van der Waals surface area (Å²) in [5, 5.41) is 3.96. The minimum atomic E-state index is -0.339. The summed E-state index contributed by atoms with van der Waals surface area (Å²) < 4.78 is 6.21. The van der Waals surface area contributed by atoms with Crippen LogP contribution < -0.4 is 0 Å². The van der Waals surface area contributed by atoms with Gasteiger partial charge in [-0.15, -0.1) is 0 Å². The van der Waals surface area contributed by atoms with Gasteiger partial charge in [-0.3, -0.25) is 4.79 Å². The predicted octanol–water partition coefficient (Wildman–Crippen LogP) is 3.74. The van der Waals surface area contributed by atoms with Gasteiger partial charge in [0.25, 0.3) is 0 Å². The van der Waals surface area contributed by atoms with Gasteiger partial charge in [0.15, 0.2) is 0 Å². The Morgan fingerprint density at radius 1 is 1.32 bits per heavy atom. The molecule has 22 heavy (non-hydrogen) atoms. The SMILES string of the molecule is Cc1noc(C)c1CN(C)C(=O)C1(c2ccc(Br)cc2)CC1. The lowest BCUT2D eigenvalue weighted by Crippen LogP contribution is -2.36. The first-order valence-corrected chi connectivity index (χ1v) is 8.17. The van der Waals surface area contributed by atoms with Crippen LogP contribution in [-0.2, 0) is 16.8 Å². The van der Waals surface area contributed by atoms with Crippen molar-refractivity contribution in [1.82, 2.24) is 10.1 Å². The molecule has 0 bridgehead atoms. The second kappa shape index (κ2) is 5.54. The molecule has 1 aliphatic carbocycles. The standard InChI is InChI=1S/C17H19BrN2O2/c1-11-15(12(2)22-19-11)10-20(3)16(21)17(8-9-17)13-4-6-14(18)7-5-13/h4-7H,8-10H2,1-3H3. The van der Waals surface area contributed by atoms with Crippen molar-refractivity contribution in [2.75, 3.05) is 7.05 Å². The molecular formula is C17H19BrN2O2. The second-order valence-corrected chi connectivity index (χ2v) is 6.97. The first-order chi connectivity index (χ1) is 10.4. The van der Waals surface area contributed by atoms with E-state index in [-0.39, 0.29) is 11.3 Å². The van der Waals surface area contributed by atoms with Crippen LogP contribution in [-0.4, -0.2) is 23.0 Å². The van der Waals surface area contributed by atoms with Gasteiger partial charge in [-0.05, 0) is 44.4 Å². The Bertz CT molecular complexity index is 682. The highest BCUT2D eigenvalue weighted by atomic mass is 79.9. The minimum absolute atomic E-state index is 0.176. The summed E-state index contributed by atoms with van der Waals surface area (Å²) in [6.45, 7) is 4.33. The summed E-state index contributed by atoms with van der Waals surface area (Å²) in [6.07, 6.45) is 1.83. The average Bonchev–Trinajstić information content (AvgIpc) is 3.25. The van der Waals surface area contributed by atoms with Crippen molar-refractivity contribution in [3.05, 3.63) is 51.3 Å². The van der Waals surface area contributed by atoms with Crippen LogP contribution in [0.2, 0.25) is 0 Å². The molecule has 2 aromatic rings. The maximum absolute atomic E-state index is 12.9. The van der Waals surface area contributed by atoms with Gasteiger partial charge >= 0.3 is 0 Å². The normalized spacial score (nSPS) is 15.6. The molecule has 0 spiro atoms. The van der Waals surface area contributed by atoms with Gasteiger partial charge in [-0.25, -0.2) is 0 Å². The van der Waals surface area contributed by atoms with Gasteiger partial charge in [0.1, 0.15) is 5.76 Å². The molecule has 5 heteroatoms. The third-order valence-corrected chi connectivity index (χ3v) is 5.01. The Balaban J connectivity index is 1.80. The third kappa shape index (κ3) is 2.58. The number of rotatable bonds is 4. The number of hydrogen-bond acceptors (Lipinski definition) is 3. The molecule has 3 rings (SSSR count). The number of benzene rings is 1. The van der Waals surface area contributed by atoms with Gasteiger partial charge < -0.3 is 9.42 Å². The Labute approximate surface area is 138 Å². The number of halogens is 1. The molecule has 0 unspecified atom stereocenters. The van der Waals surface area contributed by atoms with Crippen molar-refractivity contribution in [2.24, 2.45) is 0 Å². The summed E-state index contributed by atoms with van der Waals surface area (Å²) in [6, 6.07) is 8.07. The fourth-order valence-electron chi connectivity index (χ4n) is 2.92. The lowest BCUT2D eigenvalue weighted by molar-refractivity contribution is -0.133. The van der Waals surface area contributed by atoms with E-state index in [9.17, 15) is 4.79 Å². The Morgan fingerprint density at radius 3 is 2.45 bits per heavy atom. The van der Waals surface area contributed by atoms with E-state index >= 15 is 0 Å². The molecule has 0 saturated heterocycles. The number of nitrogens with zero attached hydrogens (tertiary/aromatic N) is 2. The first kappa shape index (κ1) is 15.3. The molecule has 4 nitrogen and oxygen atoms in total. The number of likely N-dealkylation sites (N-methyl/N-ethyl adjacent to an activating group) is 1. The van der Waals surface area contributed by atoms with Gasteiger partial charge in [0.2, 0.25) is 5.91 Å². The Hall–Kier alpha value is -1.62. The van der Waals surface area contributed by atoms with Gasteiger partial charge in [-0.2, -0.15) is 0 Å². The van der Waals surface area contributed by atoms with Crippen molar-refractivity contribution >= 4 is 21.8 Å². The molecule has 1 fully saturated rings. The molecule has 0 atom stereocenters. The predicted molar refractivity (Wildman–Crippen MR) is 87.5 cm³/mol. The number of carbonyl (C=O) groups excluding carboxylic acids is 1. The summed E-state index contributed by atoms with van der Waals surface area (Å²) in [5.74, 6) is 0.959. The highest BCUT2D eigenvalue weighted by molar-refractivity contribution is 9.10. The molecular weight excluding hydrogens is 344 g/mol. The van der Waals surface area contributed by atoms with Crippen molar-refractivity contribution in [2.45, 2.75) is 38.6 Å². The molecule has 1 aromatic heterocycles. The van der Waals surface area contributed by atoms with Crippen LogP contribution >= 0.6 is 15.9 Å². The number of aryl methyl sites for hydroxylation is 2. The van der Waals surface area contributed by atoms with Crippen molar-refractivity contribution in [3.8, 4) is 0 Å². The molecule has 0 N–H and O–H groups in total. The lowest BCUT2D eigenvalue weighted by Gasteiger charge is -2.24. The van der Waals surface area contributed by atoms with Crippen molar-refractivity contribution < 1.29 is 9.32 Å². The fourth-order valence-corrected chi connectivity index (χ4v) is 3.19. The zero-order valence-corrected chi connectivity index (χ0v) is 14.6. The van der Waals surface area contributed by atoms with Crippen LogP contribution in [0, 0.1) is 13.8 Å². The fraction of sp³-hybridized carbons (Fsp3) is 0.412. The van der Waals surface area contributed by atoms with E-state index in [4.69, 9.17) is 4.52 Å². The lowest BCUT2D eigenvalue weighted by atomic mass is 9.94. The van der Waals surface area contributed by atoms with Gasteiger partial charge in [-0.1, -0.05) is 33.2 Å². The second-order valence-electron chi connectivity index (χ2n) is 6.05. The molecule has 1 aromatic carbocycles. The number of aromatic nitrogens is 1. The Kier molecular flexibility index (Phi) is 3.85. The number of amides is 1. The molecule has 1 aliphatic rings. The average molecular weight is 363 g/mol. The zero-order chi connectivity index (χ0) is 15.9. The van der Waals surface area contributed by atoms with Gasteiger partial charge in [0, 0.05) is 17.1 Å². The van der Waals surface area contributed by atoms with Gasteiger partial charge in [0.05, 0.1) is 17.7 Å². The maximum atomic E-state index is 12.9. The monoisotopic (exact) mass is 362 g/mol. The molecule has 0 radical (unpaired) electrons. The largest absolute Gasteiger partial charge is 0.361 e. The smallest absolute Gasteiger partial charge is 0.233 e. The summed E-state index contributed by atoms with van der Waals surface area (Å²) in [7, 11) is 1.85. The third-order valence-electron chi connectivity index (χ3n) is 4.48. The summed E-state index contributed by atoms with van der Waals surface area (Å²) >= 11 is 3.44. The molecule has 1 heterocycles. The van der Waals surface area contributed by atoms with Crippen LogP contribution in [0.1, 0.15) is 35.4 Å². The molecule has 1 saturated carbocycles. The van der Waals surface area contributed by atoms with E-state index in [1.54, 1.807) is 4.90 Å². The highest BCUT2D eigenvalue weighted by Gasteiger charge is 2.52. The highest BCUT2D eigenvalue weighted by Crippen LogP contribution is 2.49. The van der Waals surface area contributed by atoms with Crippen LogP contribution in [0.4, 0.5) is 0 Å². The van der Waals surface area contributed by atoms with E-state index in [0.717, 1.165) is 39.9 Å². The summed E-state index contributed by atoms with van der Waals surface area (Å²) in [4.78, 5) is 14.7. The first-order valence-electron chi connectivity index (χ1n) is 7.37. The van der Waals surface area contributed by atoms with Crippen molar-refractivity contribution in [3.63, 3.8) is 0 Å². The number of hydrogen-bond donors (Lipinski definition) is 0. The van der Waals surface area contributed by atoms with E-state index in [2.05, 4.69) is 21.1 Å². The molecule has 0 aliphatic heterocycles. The zero-order valence-electron chi connectivity index (χ0n) is 13.0. The quantitative estimate of drug-likeness (QED) is 0.831. The van der Waals surface area contributed by atoms with Crippen LogP contribution in [0.15, 0.2) is 33.3 Å². The van der Waals surface area contributed by atoms with E-state index in [0.29, 0.717) is 6.54 Å².